The van der Waals surface area contributed by atoms with Gasteiger partial charge in [0.15, 0.2) is 0 Å². The Morgan fingerprint density at radius 2 is 1.57 bits per heavy atom. The Balaban J connectivity index is 1.06. The highest BCUT2D eigenvalue weighted by atomic mass is 19.4. The number of anilines is 1. The van der Waals surface area contributed by atoms with E-state index in [2.05, 4.69) is 41.1 Å². The number of carbonyl (C=O) groups excluding carboxylic acids is 2. The summed E-state index contributed by atoms with van der Waals surface area (Å²) >= 11 is 0. The summed E-state index contributed by atoms with van der Waals surface area (Å²) in [6.07, 6.45) is -0.787. The number of piperazine rings is 1. The van der Waals surface area contributed by atoms with Crippen LogP contribution in [0, 0.1) is 0 Å². The topological polar surface area (TPSA) is 70.9 Å². The largest absolute Gasteiger partial charge is 0.439 e. The summed E-state index contributed by atoms with van der Waals surface area (Å²) in [6.45, 7) is 6.02. The van der Waals surface area contributed by atoms with Crippen molar-refractivity contribution in [2.75, 3.05) is 38.1 Å². The molecular formula is C38H38F3N5O3. The minimum absolute atomic E-state index is 0.00282. The predicted octanol–water partition coefficient (Wildman–Crippen LogP) is 7.57. The molecule has 0 aliphatic carbocycles. The fourth-order valence-electron chi connectivity index (χ4n) is 6.09. The highest BCUT2D eigenvalue weighted by molar-refractivity contribution is 6.05. The molecule has 0 N–H and O–H groups in total. The molecule has 2 amide bonds. The SMILES string of the molecule is CCCc1ccc(CN2CCN(C(=O)c3cc4cc(Oc5ccc(N(C)C(=O)c6ccc(C(F)(F)F)cc6)cn5)ccc4n3C)CC2)cc1. The molecule has 1 aliphatic heterocycles. The molecule has 49 heavy (non-hydrogen) atoms. The van der Waals surface area contributed by atoms with Gasteiger partial charge in [0.25, 0.3) is 11.8 Å². The van der Waals surface area contributed by atoms with E-state index in [9.17, 15) is 22.8 Å². The van der Waals surface area contributed by atoms with E-state index in [1.807, 2.05) is 34.7 Å². The molecule has 11 heteroatoms. The smallest absolute Gasteiger partial charge is 0.416 e. The number of hydrogen-bond acceptors (Lipinski definition) is 5. The first-order chi connectivity index (χ1) is 23.5. The van der Waals surface area contributed by atoms with Gasteiger partial charge in [-0.1, -0.05) is 37.6 Å². The number of amides is 2. The molecule has 0 atom stereocenters. The maximum Gasteiger partial charge on any atom is 0.416 e. The Morgan fingerprint density at radius 1 is 0.878 bits per heavy atom. The molecular weight excluding hydrogens is 631 g/mol. The van der Waals surface area contributed by atoms with Crippen molar-refractivity contribution in [3.05, 3.63) is 119 Å². The van der Waals surface area contributed by atoms with Gasteiger partial charge in [0.05, 0.1) is 17.4 Å². The van der Waals surface area contributed by atoms with Crippen molar-refractivity contribution in [1.82, 2.24) is 19.4 Å². The second-order valence-corrected chi connectivity index (χ2v) is 12.3. The molecule has 0 spiro atoms. The van der Waals surface area contributed by atoms with Crippen molar-refractivity contribution in [1.29, 1.82) is 0 Å². The Bertz CT molecular complexity index is 1930. The van der Waals surface area contributed by atoms with Gasteiger partial charge in [-0.3, -0.25) is 14.5 Å². The lowest BCUT2D eigenvalue weighted by molar-refractivity contribution is -0.137. The number of alkyl halides is 3. The van der Waals surface area contributed by atoms with Crippen molar-refractivity contribution in [2.45, 2.75) is 32.5 Å². The van der Waals surface area contributed by atoms with Crippen LogP contribution < -0.4 is 9.64 Å². The van der Waals surface area contributed by atoms with Gasteiger partial charge >= 0.3 is 6.18 Å². The summed E-state index contributed by atoms with van der Waals surface area (Å²) in [7, 11) is 3.41. The Labute approximate surface area is 283 Å². The quantitative estimate of drug-likeness (QED) is 0.162. The first-order valence-electron chi connectivity index (χ1n) is 16.3. The van der Waals surface area contributed by atoms with Crippen LogP contribution in [-0.4, -0.2) is 64.4 Å². The van der Waals surface area contributed by atoms with Gasteiger partial charge in [0, 0.05) is 69.4 Å². The standard InChI is InChI=1S/C38H38F3N5O3/c1-4-5-26-6-8-27(9-7-26)25-45-18-20-46(21-19-45)37(48)34-23-29-22-32(15-16-33(29)44(34)3)49-35-17-14-31(24-42-35)43(2)36(47)28-10-12-30(13-11-28)38(39,40)41/h6-17,22-24H,4-5,18-21,25H2,1-3H3. The molecule has 0 radical (unpaired) electrons. The first-order valence-corrected chi connectivity index (χ1v) is 16.3. The van der Waals surface area contributed by atoms with Crippen molar-refractivity contribution in [3.63, 3.8) is 0 Å². The number of ether oxygens (including phenoxy) is 1. The lowest BCUT2D eigenvalue weighted by Crippen LogP contribution is -2.48. The second kappa shape index (κ2) is 14.1. The van der Waals surface area contributed by atoms with Gasteiger partial charge in [-0.2, -0.15) is 13.2 Å². The first kappa shape index (κ1) is 33.7. The number of benzene rings is 3. The number of aromatic nitrogens is 2. The minimum Gasteiger partial charge on any atom is -0.439 e. The maximum atomic E-state index is 13.6. The van der Waals surface area contributed by atoms with Gasteiger partial charge in [-0.25, -0.2) is 4.98 Å². The highest BCUT2D eigenvalue weighted by Gasteiger charge is 2.30. The summed E-state index contributed by atoms with van der Waals surface area (Å²) in [4.78, 5) is 36.4. The van der Waals surface area contributed by atoms with Crippen molar-refractivity contribution >= 4 is 28.4 Å². The predicted molar refractivity (Wildman–Crippen MR) is 183 cm³/mol. The average molecular weight is 670 g/mol. The van der Waals surface area contributed by atoms with Crippen molar-refractivity contribution in [2.24, 2.45) is 7.05 Å². The van der Waals surface area contributed by atoms with E-state index >= 15 is 0 Å². The third kappa shape index (κ3) is 7.62. The number of carbonyl (C=O) groups is 2. The third-order valence-electron chi connectivity index (χ3n) is 8.95. The fourth-order valence-corrected chi connectivity index (χ4v) is 6.09. The van der Waals surface area contributed by atoms with E-state index in [-0.39, 0.29) is 11.5 Å². The van der Waals surface area contributed by atoms with Crippen LogP contribution in [0.15, 0.2) is 91.1 Å². The zero-order chi connectivity index (χ0) is 34.7. The van der Waals surface area contributed by atoms with Crippen LogP contribution in [0.5, 0.6) is 11.6 Å². The Kier molecular flexibility index (Phi) is 9.73. The lowest BCUT2D eigenvalue weighted by Gasteiger charge is -2.34. The third-order valence-corrected chi connectivity index (χ3v) is 8.95. The van der Waals surface area contributed by atoms with Crippen LogP contribution in [-0.2, 0) is 26.2 Å². The van der Waals surface area contributed by atoms with Crippen molar-refractivity contribution in [3.8, 4) is 11.6 Å². The Morgan fingerprint density at radius 3 is 2.20 bits per heavy atom. The molecule has 0 bridgehead atoms. The number of pyridine rings is 1. The number of aryl methyl sites for hydroxylation is 2. The normalized spacial score (nSPS) is 13.9. The number of fused-ring (bicyclic) bond motifs is 1. The summed E-state index contributed by atoms with van der Waals surface area (Å²) < 4.78 is 46.6. The van der Waals surface area contributed by atoms with Crippen molar-refractivity contribution < 1.29 is 27.5 Å². The van der Waals surface area contributed by atoms with E-state index in [1.54, 1.807) is 18.2 Å². The molecule has 1 saturated heterocycles. The molecule has 0 unspecified atom stereocenters. The zero-order valence-corrected chi connectivity index (χ0v) is 27.7. The van der Waals surface area contributed by atoms with Crippen LogP contribution in [0.25, 0.3) is 10.9 Å². The number of hydrogen-bond donors (Lipinski definition) is 0. The van der Waals surface area contributed by atoms with Gasteiger partial charge in [-0.05, 0) is 72.1 Å². The Hall–Kier alpha value is -5.16. The molecule has 2 aromatic heterocycles. The highest BCUT2D eigenvalue weighted by Crippen LogP contribution is 2.30. The van der Waals surface area contributed by atoms with Gasteiger partial charge in [0.1, 0.15) is 11.4 Å². The van der Waals surface area contributed by atoms with Gasteiger partial charge < -0.3 is 19.1 Å². The molecule has 1 fully saturated rings. The number of rotatable bonds is 9. The van der Waals surface area contributed by atoms with Gasteiger partial charge in [0.2, 0.25) is 5.88 Å². The van der Waals surface area contributed by atoms with E-state index in [4.69, 9.17) is 4.74 Å². The maximum absolute atomic E-state index is 13.6. The van der Waals surface area contributed by atoms with E-state index in [0.29, 0.717) is 36.1 Å². The zero-order valence-electron chi connectivity index (χ0n) is 27.7. The molecule has 0 saturated carbocycles. The van der Waals surface area contributed by atoms with Crippen LogP contribution in [0.1, 0.15) is 50.9 Å². The van der Waals surface area contributed by atoms with Crippen LogP contribution in [0.3, 0.4) is 0 Å². The van der Waals surface area contributed by atoms with E-state index in [1.165, 1.54) is 29.3 Å². The summed E-state index contributed by atoms with van der Waals surface area (Å²) in [5, 5.41) is 0.854. The van der Waals surface area contributed by atoms with E-state index < -0.39 is 17.6 Å². The molecule has 5 aromatic rings. The fraction of sp³-hybridized carbons (Fsp3) is 0.289. The summed E-state index contributed by atoms with van der Waals surface area (Å²) in [5.74, 6) is 0.347. The lowest BCUT2D eigenvalue weighted by atomic mass is 10.1. The minimum atomic E-state index is -4.48. The molecule has 254 valence electrons. The second-order valence-electron chi connectivity index (χ2n) is 12.3. The van der Waals surface area contributed by atoms with Gasteiger partial charge in [-0.15, -0.1) is 0 Å². The number of halogens is 3. The summed E-state index contributed by atoms with van der Waals surface area (Å²) in [6, 6.07) is 23.6. The monoisotopic (exact) mass is 669 g/mol. The molecule has 3 aromatic carbocycles. The van der Waals surface area contributed by atoms with Crippen LogP contribution in [0.2, 0.25) is 0 Å². The molecule has 8 nitrogen and oxygen atoms in total. The molecule has 1 aliphatic rings. The summed E-state index contributed by atoms with van der Waals surface area (Å²) in [5.41, 5.74) is 3.90. The number of nitrogens with zero attached hydrogens (tertiary/aromatic N) is 5. The molecule has 3 heterocycles. The van der Waals surface area contributed by atoms with E-state index in [0.717, 1.165) is 67.6 Å². The molecule has 6 rings (SSSR count). The van der Waals surface area contributed by atoms with Crippen LogP contribution >= 0.6 is 0 Å². The average Bonchev–Trinajstić information content (AvgIpc) is 3.43. The van der Waals surface area contributed by atoms with Crippen LogP contribution in [0.4, 0.5) is 18.9 Å².